The lowest BCUT2D eigenvalue weighted by atomic mass is 10.1. The van der Waals surface area contributed by atoms with Crippen LogP contribution in [0.1, 0.15) is 37.7 Å². The van der Waals surface area contributed by atoms with E-state index in [0.29, 0.717) is 28.5 Å². The quantitative estimate of drug-likeness (QED) is 0.519. The van der Waals surface area contributed by atoms with Crippen molar-refractivity contribution in [2.75, 3.05) is 5.32 Å². The number of hydrogen-bond donors (Lipinski definition) is 1. The number of carbonyl (C=O) groups is 2. The molecule has 0 aliphatic rings. The predicted octanol–water partition coefficient (Wildman–Crippen LogP) is 3.87. The monoisotopic (exact) mass is 402 g/mol. The second kappa shape index (κ2) is 7.62. The van der Waals surface area contributed by atoms with E-state index < -0.39 is 11.7 Å². The Kier molecular flexibility index (Phi) is 5.43. The second-order valence-electron chi connectivity index (χ2n) is 6.34. The number of nitrogens with one attached hydrogen (secondary N) is 1. The Labute approximate surface area is 166 Å². The molecule has 1 aromatic carbocycles. The first-order valence-electron chi connectivity index (χ1n) is 8.32. The maximum absolute atomic E-state index is 12.5. The van der Waals surface area contributed by atoms with Crippen LogP contribution < -0.4 is 5.32 Å². The fourth-order valence-electron chi connectivity index (χ4n) is 2.76. The molecule has 0 atom stereocenters. The molecule has 0 unspecified atom stereocenters. The zero-order valence-electron chi connectivity index (χ0n) is 15.5. The number of thiazole rings is 1. The number of ketones is 1. The fraction of sp³-hybridized carbons (Fsp3) is 0.263. The highest BCUT2D eigenvalue weighted by Crippen LogP contribution is 2.24. The summed E-state index contributed by atoms with van der Waals surface area (Å²) in [6, 6.07) is 5.90. The van der Waals surface area contributed by atoms with Gasteiger partial charge in [0.05, 0.1) is 11.3 Å². The summed E-state index contributed by atoms with van der Waals surface area (Å²) in [7, 11) is 1.74. The van der Waals surface area contributed by atoms with E-state index in [-0.39, 0.29) is 0 Å². The zero-order valence-corrected chi connectivity index (χ0v) is 17.0. The molecule has 0 saturated carbocycles. The van der Waals surface area contributed by atoms with E-state index in [9.17, 15) is 9.59 Å². The van der Waals surface area contributed by atoms with E-state index in [1.54, 1.807) is 31.8 Å². The number of anilines is 1. The van der Waals surface area contributed by atoms with E-state index in [2.05, 4.69) is 15.4 Å². The number of nitrogens with zero attached hydrogens (tertiary/aromatic N) is 3. The molecule has 27 heavy (non-hydrogen) atoms. The minimum atomic E-state index is -0.714. The highest BCUT2D eigenvalue weighted by atomic mass is 35.5. The van der Waals surface area contributed by atoms with Gasteiger partial charge in [-0.2, -0.15) is 5.10 Å². The molecule has 0 saturated heterocycles. The Morgan fingerprint density at radius 3 is 2.63 bits per heavy atom. The maximum Gasteiger partial charge on any atom is 0.298 e. The number of carbonyl (C=O) groups excluding carboxylic acids is 2. The van der Waals surface area contributed by atoms with Crippen LogP contribution in [0.5, 0.6) is 0 Å². The van der Waals surface area contributed by atoms with Gasteiger partial charge in [0, 0.05) is 35.3 Å². The summed E-state index contributed by atoms with van der Waals surface area (Å²) in [4.78, 5) is 30.0. The van der Waals surface area contributed by atoms with Gasteiger partial charge in [-0.3, -0.25) is 19.6 Å². The Bertz CT molecular complexity index is 1040. The molecule has 2 aromatic heterocycles. The van der Waals surface area contributed by atoms with E-state index in [1.165, 1.54) is 11.3 Å². The number of halogens is 1. The molecule has 6 nitrogen and oxygen atoms in total. The van der Waals surface area contributed by atoms with E-state index in [1.807, 2.05) is 25.1 Å². The normalized spacial score (nSPS) is 10.9. The maximum atomic E-state index is 12.5. The highest BCUT2D eigenvalue weighted by Gasteiger charge is 2.24. The molecule has 0 radical (unpaired) electrons. The molecule has 1 N–H and O–H groups in total. The molecule has 1 amide bonds. The lowest BCUT2D eigenvalue weighted by molar-refractivity contribution is -0.112. The first-order valence-corrected chi connectivity index (χ1v) is 9.51. The molecule has 3 aromatic rings. The summed E-state index contributed by atoms with van der Waals surface area (Å²) in [6.45, 7) is 5.42. The molecular formula is C19H19ClN4O2S. The SMILES string of the molecule is Cc1ccc(Cc2cnc(NC(=O)C(=O)c3c(C)nn(C)c3C)s2)cc1Cl. The average molecular weight is 403 g/mol. The summed E-state index contributed by atoms with van der Waals surface area (Å²) < 4.78 is 1.59. The zero-order chi connectivity index (χ0) is 19.7. The van der Waals surface area contributed by atoms with Crippen LogP contribution in [0, 0.1) is 20.8 Å². The number of amides is 1. The Morgan fingerprint density at radius 1 is 1.26 bits per heavy atom. The predicted molar refractivity (Wildman–Crippen MR) is 107 cm³/mol. The van der Waals surface area contributed by atoms with Crippen molar-refractivity contribution in [3.8, 4) is 0 Å². The smallest absolute Gasteiger partial charge is 0.295 e. The van der Waals surface area contributed by atoms with Gasteiger partial charge in [-0.05, 0) is 38.0 Å². The topological polar surface area (TPSA) is 76.9 Å². The van der Waals surface area contributed by atoms with Crippen molar-refractivity contribution < 1.29 is 9.59 Å². The van der Waals surface area contributed by atoms with Crippen molar-refractivity contribution in [2.24, 2.45) is 7.05 Å². The fourth-order valence-corrected chi connectivity index (χ4v) is 3.81. The van der Waals surface area contributed by atoms with E-state index >= 15 is 0 Å². The molecule has 0 spiro atoms. The molecule has 0 aliphatic carbocycles. The highest BCUT2D eigenvalue weighted by molar-refractivity contribution is 7.15. The minimum absolute atomic E-state index is 0.334. The third-order valence-electron chi connectivity index (χ3n) is 4.33. The van der Waals surface area contributed by atoms with Crippen molar-refractivity contribution in [2.45, 2.75) is 27.2 Å². The summed E-state index contributed by atoms with van der Waals surface area (Å²) in [6.07, 6.45) is 2.35. The molecule has 3 rings (SSSR count). The molecular weight excluding hydrogens is 384 g/mol. The molecule has 0 bridgehead atoms. The van der Waals surface area contributed by atoms with Gasteiger partial charge in [0.1, 0.15) is 0 Å². The number of hydrogen-bond acceptors (Lipinski definition) is 5. The van der Waals surface area contributed by atoms with Crippen molar-refractivity contribution in [3.05, 3.63) is 62.4 Å². The Hall–Kier alpha value is -2.51. The minimum Gasteiger partial charge on any atom is -0.295 e. The average Bonchev–Trinajstić information content (AvgIpc) is 3.14. The third kappa shape index (κ3) is 4.09. The lowest BCUT2D eigenvalue weighted by Crippen LogP contribution is -2.23. The summed E-state index contributed by atoms with van der Waals surface area (Å²) in [5.74, 6) is -1.33. The third-order valence-corrected chi connectivity index (χ3v) is 5.65. The number of benzene rings is 1. The number of rotatable bonds is 5. The molecule has 8 heteroatoms. The van der Waals surface area contributed by atoms with Gasteiger partial charge >= 0.3 is 0 Å². The standard InChI is InChI=1S/C19H19ClN4O2S/c1-10-5-6-13(8-15(10)20)7-14-9-21-19(27-14)22-18(26)17(25)16-11(2)23-24(4)12(16)3/h5-6,8-9H,7H2,1-4H3,(H,21,22,26). The van der Waals surface area contributed by atoms with Crippen LogP contribution in [0.25, 0.3) is 0 Å². The van der Waals surface area contributed by atoms with Crippen LogP contribution in [-0.4, -0.2) is 26.5 Å². The van der Waals surface area contributed by atoms with Gasteiger partial charge in [0.2, 0.25) is 0 Å². The van der Waals surface area contributed by atoms with Crippen LogP contribution >= 0.6 is 22.9 Å². The summed E-state index contributed by atoms with van der Waals surface area (Å²) in [5.41, 5.74) is 3.61. The largest absolute Gasteiger partial charge is 0.298 e. The van der Waals surface area contributed by atoms with Crippen molar-refractivity contribution in [3.63, 3.8) is 0 Å². The molecule has 2 heterocycles. The molecule has 0 fully saturated rings. The number of Topliss-reactive ketones (excluding diaryl/α,β-unsaturated/α-hetero) is 1. The first kappa shape index (κ1) is 19.3. The second-order valence-corrected chi connectivity index (χ2v) is 7.87. The lowest BCUT2D eigenvalue weighted by Gasteiger charge is -2.02. The Balaban J connectivity index is 1.70. The van der Waals surface area contributed by atoms with Crippen molar-refractivity contribution in [1.29, 1.82) is 0 Å². The first-order chi connectivity index (χ1) is 12.8. The van der Waals surface area contributed by atoms with Crippen LogP contribution in [0.2, 0.25) is 5.02 Å². The Morgan fingerprint density at radius 2 is 2.00 bits per heavy atom. The van der Waals surface area contributed by atoms with Gasteiger partial charge in [-0.15, -0.1) is 11.3 Å². The summed E-state index contributed by atoms with van der Waals surface area (Å²) >= 11 is 7.49. The van der Waals surface area contributed by atoms with Crippen molar-refractivity contribution in [1.82, 2.24) is 14.8 Å². The van der Waals surface area contributed by atoms with Crippen LogP contribution in [0.15, 0.2) is 24.4 Å². The van der Waals surface area contributed by atoms with Crippen LogP contribution in [-0.2, 0) is 18.3 Å². The van der Waals surface area contributed by atoms with Crippen molar-refractivity contribution >= 4 is 39.8 Å². The van der Waals surface area contributed by atoms with Crippen LogP contribution in [0.4, 0.5) is 5.13 Å². The van der Waals surface area contributed by atoms with Gasteiger partial charge in [-0.1, -0.05) is 23.7 Å². The van der Waals surface area contributed by atoms with Gasteiger partial charge in [-0.25, -0.2) is 4.98 Å². The van der Waals surface area contributed by atoms with Crippen LogP contribution in [0.3, 0.4) is 0 Å². The number of aryl methyl sites for hydroxylation is 3. The van der Waals surface area contributed by atoms with Gasteiger partial charge < -0.3 is 0 Å². The molecule has 0 aliphatic heterocycles. The van der Waals surface area contributed by atoms with E-state index in [0.717, 1.165) is 21.0 Å². The van der Waals surface area contributed by atoms with Gasteiger partial charge in [0.25, 0.3) is 11.7 Å². The summed E-state index contributed by atoms with van der Waals surface area (Å²) in [5, 5.41) is 7.87. The molecule has 140 valence electrons. The van der Waals surface area contributed by atoms with Gasteiger partial charge in [0.15, 0.2) is 5.13 Å². The number of aromatic nitrogens is 3. The van der Waals surface area contributed by atoms with E-state index in [4.69, 9.17) is 11.6 Å².